The second-order valence-corrected chi connectivity index (χ2v) is 20.7. The van der Waals surface area contributed by atoms with E-state index in [0.717, 1.165) is 13.9 Å². The molecule has 0 spiro atoms. The zero-order chi connectivity index (χ0) is 12.4. The van der Waals surface area contributed by atoms with Crippen molar-refractivity contribution in [3.05, 3.63) is 60.7 Å². The van der Waals surface area contributed by atoms with Gasteiger partial charge < -0.3 is 0 Å². The zero-order valence-corrected chi connectivity index (χ0v) is 13.1. The van der Waals surface area contributed by atoms with E-state index >= 15 is 0 Å². The Morgan fingerprint density at radius 3 is 1.41 bits per heavy atom. The first kappa shape index (κ1) is 13.0. The molecule has 17 heavy (non-hydrogen) atoms. The van der Waals surface area contributed by atoms with Crippen LogP contribution in [0.1, 0.15) is 6.92 Å². The standard InChI is InChI=1S/C14H15AsCl2/c1-2-15(16,17,13-9-5-3-6-10-13)14-11-7-4-8-12-14/h3-12H,2H2,1H3. The Balaban J connectivity index is 2.65. The summed E-state index contributed by atoms with van der Waals surface area (Å²) in [5, 5.41) is 0.787. The van der Waals surface area contributed by atoms with Crippen molar-refractivity contribution in [2.75, 3.05) is 0 Å². The van der Waals surface area contributed by atoms with Crippen LogP contribution in [0.3, 0.4) is 0 Å². The van der Waals surface area contributed by atoms with Crippen LogP contribution >= 0.6 is 19.9 Å². The van der Waals surface area contributed by atoms with Gasteiger partial charge in [0.1, 0.15) is 0 Å². The first-order valence-electron chi connectivity index (χ1n) is 5.63. The first-order chi connectivity index (χ1) is 8.07. The summed E-state index contributed by atoms with van der Waals surface area (Å²) in [7, 11) is 10.3. The summed E-state index contributed by atoms with van der Waals surface area (Å²) in [6.07, 6.45) is 0. The van der Waals surface area contributed by atoms with Gasteiger partial charge in [-0.05, 0) is 0 Å². The Kier molecular flexibility index (Phi) is 3.59. The molecule has 0 saturated carbocycles. The molecule has 0 nitrogen and oxygen atoms in total. The van der Waals surface area contributed by atoms with Crippen LogP contribution in [-0.4, -0.2) is 10.6 Å². The summed E-state index contributed by atoms with van der Waals surface area (Å²) in [6.45, 7) is 2.08. The third kappa shape index (κ3) is 2.27. The van der Waals surface area contributed by atoms with Gasteiger partial charge in [0, 0.05) is 0 Å². The number of halogens is 2. The Labute approximate surface area is 112 Å². The third-order valence-electron chi connectivity index (χ3n) is 3.08. The van der Waals surface area contributed by atoms with E-state index in [9.17, 15) is 0 Å². The second kappa shape index (κ2) is 4.69. The average molecular weight is 329 g/mol. The maximum absolute atomic E-state index is 6.97. The van der Waals surface area contributed by atoms with Crippen molar-refractivity contribution in [2.45, 2.75) is 12.1 Å². The molecule has 90 valence electrons. The fourth-order valence-corrected chi connectivity index (χ4v) is 9.63. The molecule has 0 aromatic heterocycles. The topological polar surface area (TPSA) is 0 Å². The summed E-state index contributed by atoms with van der Waals surface area (Å²) in [5.41, 5.74) is 0. The fraction of sp³-hybridized carbons (Fsp3) is 0.143. The molecule has 2 aromatic carbocycles. The predicted molar refractivity (Wildman–Crippen MR) is 80.1 cm³/mol. The third-order valence-corrected chi connectivity index (χ3v) is 17.5. The van der Waals surface area contributed by atoms with Gasteiger partial charge in [0.15, 0.2) is 0 Å². The molecule has 0 amide bonds. The van der Waals surface area contributed by atoms with Crippen molar-refractivity contribution >= 4 is 39.2 Å². The van der Waals surface area contributed by atoms with Crippen molar-refractivity contribution in [2.24, 2.45) is 0 Å². The zero-order valence-electron chi connectivity index (χ0n) is 9.68. The molecule has 0 saturated heterocycles. The van der Waals surface area contributed by atoms with Crippen LogP contribution in [0.2, 0.25) is 5.21 Å². The van der Waals surface area contributed by atoms with E-state index in [1.54, 1.807) is 0 Å². The molecular formula is C14H15AsCl2. The second-order valence-electron chi connectivity index (χ2n) is 4.06. The Hall–Kier alpha value is -0.422. The average Bonchev–Trinajstić information content (AvgIpc) is 2.41. The van der Waals surface area contributed by atoms with Crippen LogP contribution in [-0.2, 0) is 0 Å². The molecule has 3 heteroatoms. The van der Waals surface area contributed by atoms with E-state index in [2.05, 4.69) is 6.92 Å². The molecular weight excluding hydrogens is 314 g/mol. The first-order valence-corrected chi connectivity index (χ1v) is 13.8. The summed E-state index contributed by atoms with van der Waals surface area (Å²) in [6, 6.07) is 20.1. The maximum atomic E-state index is 6.97. The van der Waals surface area contributed by atoms with Gasteiger partial charge in [-0.1, -0.05) is 0 Å². The Morgan fingerprint density at radius 1 is 0.765 bits per heavy atom. The van der Waals surface area contributed by atoms with Gasteiger partial charge in [0.2, 0.25) is 0 Å². The van der Waals surface area contributed by atoms with Gasteiger partial charge in [-0.2, -0.15) is 0 Å². The minimum absolute atomic E-state index is 0.787. The number of hydrogen-bond acceptors (Lipinski definition) is 0. The number of hydrogen-bond donors (Lipinski definition) is 0. The summed E-state index contributed by atoms with van der Waals surface area (Å²) in [4.78, 5) is 0. The van der Waals surface area contributed by atoms with Crippen LogP contribution < -0.4 is 8.70 Å². The van der Waals surface area contributed by atoms with Crippen LogP contribution in [0.15, 0.2) is 60.7 Å². The Morgan fingerprint density at radius 2 is 1.12 bits per heavy atom. The molecule has 0 aliphatic heterocycles. The predicted octanol–water partition coefficient (Wildman–Crippen LogP) is 3.69. The minimum atomic E-state index is -3.62. The Bertz CT molecular complexity index is 451. The van der Waals surface area contributed by atoms with Crippen LogP contribution in [0, 0.1) is 0 Å². The van der Waals surface area contributed by atoms with E-state index < -0.39 is 10.6 Å². The quantitative estimate of drug-likeness (QED) is 0.754. The molecule has 0 N–H and O–H groups in total. The van der Waals surface area contributed by atoms with E-state index in [1.807, 2.05) is 60.7 Å². The van der Waals surface area contributed by atoms with Gasteiger partial charge in [-0.25, -0.2) is 0 Å². The van der Waals surface area contributed by atoms with Gasteiger partial charge in [0.25, 0.3) is 0 Å². The van der Waals surface area contributed by atoms with Crippen LogP contribution in [0.25, 0.3) is 0 Å². The van der Waals surface area contributed by atoms with Gasteiger partial charge in [0.05, 0.1) is 0 Å². The SMILES string of the molecule is CC[As](Cl)(Cl)(c1ccccc1)c1ccccc1. The van der Waals surface area contributed by atoms with E-state index in [4.69, 9.17) is 19.9 Å². The molecule has 2 rings (SSSR count). The van der Waals surface area contributed by atoms with Crippen molar-refractivity contribution in [3.63, 3.8) is 0 Å². The molecule has 0 radical (unpaired) electrons. The molecule has 0 atom stereocenters. The van der Waals surface area contributed by atoms with E-state index in [-0.39, 0.29) is 0 Å². The van der Waals surface area contributed by atoms with Crippen molar-refractivity contribution < 1.29 is 0 Å². The molecule has 0 aliphatic rings. The molecule has 2 aromatic rings. The van der Waals surface area contributed by atoms with Crippen molar-refractivity contribution in [3.8, 4) is 0 Å². The van der Waals surface area contributed by atoms with E-state index in [0.29, 0.717) is 0 Å². The molecule has 0 heterocycles. The summed E-state index contributed by atoms with van der Waals surface area (Å²) >= 11 is 0. The summed E-state index contributed by atoms with van der Waals surface area (Å²) < 4.78 is 2.17. The number of rotatable bonds is 3. The van der Waals surface area contributed by atoms with Crippen molar-refractivity contribution in [1.29, 1.82) is 0 Å². The van der Waals surface area contributed by atoms with E-state index in [1.165, 1.54) is 0 Å². The molecule has 0 unspecified atom stereocenters. The van der Waals surface area contributed by atoms with Crippen molar-refractivity contribution in [1.82, 2.24) is 0 Å². The van der Waals surface area contributed by atoms with Gasteiger partial charge >= 0.3 is 112 Å². The monoisotopic (exact) mass is 328 g/mol. The summed E-state index contributed by atoms with van der Waals surface area (Å²) in [5.74, 6) is 0. The number of benzene rings is 2. The molecule has 0 fully saturated rings. The normalized spacial score (nSPS) is 13.9. The van der Waals surface area contributed by atoms with Crippen LogP contribution in [0.5, 0.6) is 0 Å². The molecule has 0 bridgehead atoms. The van der Waals surface area contributed by atoms with Gasteiger partial charge in [-0.15, -0.1) is 0 Å². The van der Waals surface area contributed by atoms with Gasteiger partial charge in [-0.3, -0.25) is 0 Å². The fourth-order valence-electron chi connectivity index (χ4n) is 1.96. The van der Waals surface area contributed by atoms with Crippen LogP contribution in [0.4, 0.5) is 0 Å². The molecule has 0 aliphatic carbocycles.